The topological polar surface area (TPSA) is 86.3 Å². The van der Waals surface area contributed by atoms with E-state index >= 15 is 0 Å². The number of amides is 1. The number of carbonyl (C=O) groups excluding carboxylic acids is 1. The van der Waals surface area contributed by atoms with E-state index in [4.69, 9.17) is 5.11 Å². The molecular formula is C11H15N3O3. The van der Waals surface area contributed by atoms with E-state index in [2.05, 4.69) is 10.2 Å². The molecule has 92 valence electrons. The van der Waals surface area contributed by atoms with Gasteiger partial charge in [0, 0.05) is 11.7 Å². The molecule has 1 heterocycles. The van der Waals surface area contributed by atoms with Crippen LogP contribution in [0.5, 0.6) is 0 Å². The highest BCUT2D eigenvalue weighted by molar-refractivity contribution is 5.94. The Hall–Kier alpha value is -1.85. The zero-order valence-electron chi connectivity index (χ0n) is 9.64. The molecule has 1 aliphatic rings. The number of hydrogen-bond donors (Lipinski definition) is 2. The van der Waals surface area contributed by atoms with E-state index in [1.165, 1.54) is 4.90 Å². The maximum atomic E-state index is 12.1. The highest BCUT2D eigenvalue weighted by Crippen LogP contribution is 2.27. The zero-order valence-corrected chi connectivity index (χ0v) is 9.64. The van der Waals surface area contributed by atoms with E-state index in [1.54, 1.807) is 6.07 Å². The molecule has 6 heteroatoms. The molecule has 0 atom stereocenters. The number of H-pyrrole nitrogens is 1. The van der Waals surface area contributed by atoms with Crippen molar-refractivity contribution in [1.29, 1.82) is 0 Å². The first kappa shape index (κ1) is 11.6. The van der Waals surface area contributed by atoms with Gasteiger partial charge in [-0.2, -0.15) is 5.10 Å². The van der Waals surface area contributed by atoms with Crippen molar-refractivity contribution in [2.45, 2.75) is 32.2 Å². The van der Waals surface area contributed by atoms with Crippen molar-refractivity contribution in [2.75, 3.05) is 6.54 Å². The number of aromatic nitrogens is 2. The summed E-state index contributed by atoms with van der Waals surface area (Å²) in [5, 5.41) is 15.5. The fourth-order valence-corrected chi connectivity index (χ4v) is 1.70. The average molecular weight is 237 g/mol. The summed E-state index contributed by atoms with van der Waals surface area (Å²) in [7, 11) is 0. The van der Waals surface area contributed by atoms with Crippen molar-refractivity contribution in [1.82, 2.24) is 15.1 Å². The van der Waals surface area contributed by atoms with Crippen molar-refractivity contribution in [3.63, 3.8) is 0 Å². The first-order chi connectivity index (χ1) is 8.11. The van der Waals surface area contributed by atoms with Crippen LogP contribution in [-0.4, -0.2) is 44.7 Å². The van der Waals surface area contributed by atoms with Crippen LogP contribution in [0.2, 0.25) is 0 Å². The lowest BCUT2D eigenvalue weighted by Crippen LogP contribution is -2.37. The second kappa shape index (κ2) is 4.57. The van der Waals surface area contributed by atoms with Gasteiger partial charge in [-0.25, -0.2) is 0 Å². The molecule has 0 aliphatic heterocycles. The van der Waals surface area contributed by atoms with E-state index in [0.717, 1.165) is 25.0 Å². The number of aryl methyl sites for hydroxylation is 1. The first-order valence-electron chi connectivity index (χ1n) is 5.69. The Kier molecular flexibility index (Phi) is 3.12. The van der Waals surface area contributed by atoms with Crippen LogP contribution in [0.1, 0.15) is 35.9 Å². The molecule has 1 aliphatic carbocycles. The number of carboxylic acids is 1. The number of nitrogens with one attached hydrogen (secondary N) is 1. The molecule has 0 radical (unpaired) electrons. The smallest absolute Gasteiger partial charge is 0.323 e. The second-order valence-electron chi connectivity index (χ2n) is 4.19. The molecule has 2 rings (SSSR count). The highest BCUT2D eigenvalue weighted by Gasteiger charge is 2.35. The lowest BCUT2D eigenvalue weighted by atomic mass is 10.3. The van der Waals surface area contributed by atoms with Gasteiger partial charge in [-0.1, -0.05) is 6.92 Å². The Morgan fingerprint density at radius 1 is 1.59 bits per heavy atom. The second-order valence-corrected chi connectivity index (χ2v) is 4.19. The van der Waals surface area contributed by atoms with E-state index in [-0.39, 0.29) is 18.5 Å². The van der Waals surface area contributed by atoms with Crippen molar-refractivity contribution < 1.29 is 14.7 Å². The molecule has 17 heavy (non-hydrogen) atoms. The summed E-state index contributed by atoms with van der Waals surface area (Å²) in [6.45, 7) is 1.70. The zero-order chi connectivity index (χ0) is 12.4. The Balaban J connectivity index is 2.12. The van der Waals surface area contributed by atoms with Crippen LogP contribution in [0.4, 0.5) is 0 Å². The van der Waals surface area contributed by atoms with E-state index in [0.29, 0.717) is 5.69 Å². The molecule has 0 saturated heterocycles. The third-order valence-corrected chi connectivity index (χ3v) is 2.79. The summed E-state index contributed by atoms with van der Waals surface area (Å²) in [4.78, 5) is 24.2. The highest BCUT2D eigenvalue weighted by atomic mass is 16.4. The lowest BCUT2D eigenvalue weighted by molar-refractivity contribution is -0.137. The summed E-state index contributed by atoms with van der Waals surface area (Å²) in [5.74, 6) is -1.29. The molecule has 1 amide bonds. The third-order valence-electron chi connectivity index (χ3n) is 2.79. The molecule has 6 nitrogen and oxygen atoms in total. The molecule has 0 spiro atoms. The monoisotopic (exact) mass is 237 g/mol. The summed E-state index contributed by atoms with van der Waals surface area (Å²) in [6.07, 6.45) is 2.52. The molecule has 1 fully saturated rings. The molecule has 2 N–H and O–H groups in total. The Morgan fingerprint density at radius 2 is 2.29 bits per heavy atom. The Bertz CT molecular complexity index is 437. The predicted molar refractivity (Wildman–Crippen MR) is 59.7 cm³/mol. The number of aliphatic carboxylic acids is 1. The SMILES string of the molecule is CCc1cc(C(=O)N(CC(=O)O)C2CC2)n[nH]1. The minimum Gasteiger partial charge on any atom is -0.480 e. The number of carbonyl (C=O) groups is 2. The van der Waals surface area contributed by atoms with Crippen LogP contribution in [0, 0.1) is 0 Å². The van der Waals surface area contributed by atoms with Gasteiger partial charge < -0.3 is 10.0 Å². The van der Waals surface area contributed by atoms with E-state index < -0.39 is 5.97 Å². The molecule has 1 aromatic rings. The van der Waals surface area contributed by atoms with Gasteiger partial charge in [0.1, 0.15) is 12.2 Å². The lowest BCUT2D eigenvalue weighted by Gasteiger charge is -2.18. The van der Waals surface area contributed by atoms with Gasteiger partial charge in [-0.3, -0.25) is 14.7 Å². The summed E-state index contributed by atoms with van der Waals surface area (Å²) >= 11 is 0. The average Bonchev–Trinajstić information content (AvgIpc) is 3.02. The van der Waals surface area contributed by atoms with E-state index in [1.807, 2.05) is 6.92 Å². The van der Waals surface area contributed by atoms with Gasteiger partial charge in [0.2, 0.25) is 0 Å². The molecule has 1 aromatic heterocycles. The Labute approximate surface area is 98.6 Å². The third kappa shape index (κ3) is 2.64. The fraction of sp³-hybridized carbons (Fsp3) is 0.545. The largest absolute Gasteiger partial charge is 0.480 e. The normalized spacial score (nSPS) is 14.6. The van der Waals surface area contributed by atoms with Crippen molar-refractivity contribution in [2.24, 2.45) is 0 Å². The van der Waals surface area contributed by atoms with Gasteiger partial charge in [0.05, 0.1) is 0 Å². The molecule has 0 bridgehead atoms. The van der Waals surface area contributed by atoms with Gasteiger partial charge in [-0.15, -0.1) is 0 Å². The first-order valence-corrected chi connectivity index (χ1v) is 5.69. The van der Waals surface area contributed by atoms with Crippen LogP contribution in [0.15, 0.2) is 6.07 Å². The quantitative estimate of drug-likeness (QED) is 0.787. The predicted octanol–water partition coefficient (Wildman–Crippen LogP) is 0.661. The van der Waals surface area contributed by atoms with Gasteiger partial charge in [-0.05, 0) is 25.3 Å². The van der Waals surface area contributed by atoms with Crippen LogP contribution in [-0.2, 0) is 11.2 Å². The Morgan fingerprint density at radius 3 is 2.76 bits per heavy atom. The number of rotatable bonds is 5. The molecule has 1 saturated carbocycles. The van der Waals surface area contributed by atoms with Crippen molar-refractivity contribution in [3.05, 3.63) is 17.5 Å². The van der Waals surface area contributed by atoms with Gasteiger partial charge in [0.15, 0.2) is 0 Å². The number of aromatic amines is 1. The molecular weight excluding hydrogens is 222 g/mol. The summed E-state index contributed by atoms with van der Waals surface area (Å²) < 4.78 is 0. The fourth-order valence-electron chi connectivity index (χ4n) is 1.70. The summed E-state index contributed by atoms with van der Waals surface area (Å²) in [5.41, 5.74) is 1.18. The minimum absolute atomic E-state index is 0.0698. The van der Waals surface area contributed by atoms with Crippen LogP contribution < -0.4 is 0 Å². The van der Waals surface area contributed by atoms with E-state index in [9.17, 15) is 9.59 Å². The standard InChI is InChI=1S/C11H15N3O3/c1-2-7-5-9(13-12-7)11(17)14(6-10(15)16)8-3-4-8/h5,8H,2-4,6H2,1H3,(H,12,13)(H,15,16). The van der Waals surface area contributed by atoms with Crippen LogP contribution in [0.25, 0.3) is 0 Å². The molecule has 0 unspecified atom stereocenters. The number of hydrogen-bond acceptors (Lipinski definition) is 3. The van der Waals surface area contributed by atoms with Gasteiger partial charge >= 0.3 is 5.97 Å². The van der Waals surface area contributed by atoms with Crippen LogP contribution >= 0.6 is 0 Å². The summed E-state index contributed by atoms with van der Waals surface area (Å²) in [6, 6.07) is 1.75. The maximum Gasteiger partial charge on any atom is 0.323 e. The van der Waals surface area contributed by atoms with Crippen molar-refractivity contribution in [3.8, 4) is 0 Å². The maximum absolute atomic E-state index is 12.1. The number of carboxylic acid groups (broad SMARTS) is 1. The minimum atomic E-state index is -0.989. The number of nitrogens with zero attached hydrogens (tertiary/aromatic N) is 2. The van der Waals surface area contributed by atoms with Crippen LogP contribution in [0.3, 0.4) is 0 Å². The van der Waals surface area contributed by atoms with Gasteiger partial charge in [0.25, 0.3) is 5.91 Å². The van der Waals surface area contributed by atoms with Crippen molar-refractivity contribution >= 4 is 11.9 Å². The molecule has 0 aromatic carbocycles.